The van der Waals surface area contributed by atoms with Crippen LogP contribution in [-0.2, 0) is 4.79 Å². The van der Waals surface area contributed by atoms with Gasteiger partial charge in [0.25, 0.3) is 0 Å². The fourth-order valence-corrected chi connectivity index (χ4v) is 0.873. The Bertz CT molecular complexity index is 94.1. The second-order valence-electron chi connectivity index (χ2n) is 2.54. The third-order valence-corrected chi connectivity index (χ3v) is 1.48. The minimum Gasteiger partial charge on any atom is -0.550 e. The standard InChI is InChI=1S/C8H16O2.Ce/c1-2-3-4-5-6-7-8(9)10;/h2-7H2,1H3,(H,9,10);/q;+3/p-1. The maximum atomic E-state index is 9.92. The van der Waals surface area contributed by atoms with E-state index in [2.05, 4.69) is 6.92 Å². The van der Waals surface area contributed by atoms with Crippen LogP contribution < -0.4 is 5.11 Å². The van der Waals surface area contributed by atoms with Crippen molar-refractivity contribution in [2.75, 3.05) is 0 Å². The molecule has 0 aliphatic heterocycles. The number of carbonyl (C=O) groups is 1. The number of rotatable bonds is 6. The summed E-state index contributed by atoms with van der Waals surface area (Å²) in [4.78, 5) is 9.92. The molecule has 0 heterocycles. The summed E-state index contributed by atoms with van der Waals surface area (Å²) in [5.41, 5.74) is 0. The molecule has 11 heavy (non-hydrogen) atoms. The van der Waals surface area contributed by atoms with E-state index >= 15 is 0 Å². The first kappa shape index (κ1) is 14.4. The minimum atomic E-state index is -0.920. The Hall–Kier alpha value is 0.847. The molecule has 0 aromatic rings. The zero-order valence-electron chi connectivity index (χ0n) is 7.06. The van der Waals surface area contributed by atoms with E-state index in [1.54, 1.807) is 0 Å². The molecule has 0 bridgehead atoms. The Kier molecular flexibility index (Phi) is 14.2. The predicted octanol–water partition coefficient (Wildman–Crippen LogP) is 1.10. The Morgan fingerprint density at radius 2 is 1.73 bits per heavy atom. The molecule has 0 fully saturated rings. The van der Waals surface area contributed by atoms with Gasteiger partial charge in [-0.3, -0.25) is 0 Å². The smallest absolute Gasteiger partial charge is 0.550 e. The first-order valence-electron chi connectivity index (χ1n) is 3.97. The summed E-state index contributed by atoms with van der Waals surface area (Å²) < 4.78 is 0. The van der Waals surface area contributed by atoms with Gasteiger partial charge in [0.1, 0.15) is 0 Å². The van der Waals surface area contributed by atoms with Gasteiger partial charge in [-0.2, -0.15) is 0 Å². The third kappa shape index (κ3) is 13.8. The number of carbonyl (C=O) groups excluding carboxylic acids is 1. The van der Waals surface area contributed by atoms with Crippen molar-refractivity contribution in [2.24, 2.45) is 0 Å². The van der Waals surface area contributed by atoms with Gasteiger partial charge in [0.15, 0.2) is 0 Å². The number of unbranched alkanes of at least 4 members (excludes halogenated alkanes) is 4. The van der Waals surface area contributed by atoms with Crippen LogP contribution in [0.4, 0.5) is 0 Å². The van der Waals surface area contributed by atoms with Crippen LogP contribution in [0.25, 0.3) is 0 Å². The van der Waals surface area contributed by atoms with Crippen LogP contribution in [0.3, 0.4) is 0 Å². The van der Waals surface area contributed by atoms with E-state index in [0.29, 0.717) is 0 Å². The first-order chi connectivity index (χ1) is 4.77. The van der Waals surface area contributed by atoms with Crippen LogP contribution in [0.15, 0.2) is 0 Å². The molecule has 1 radical (unpaired) electrons. The van der Waals surface area contributed by atoms with Gasteiger partial charge in [-0.05, 0) is 12.8 Å². The molecule has 0 aromatic carbocycles. The van der Waals surface area contributed by atoms with Crippen molar-refractivity contribution in [2.45, 2.75) is 45.4 Å². The van der Waals surface area contributed by atoms with E-state index in [0.717, 1.165) is 19.3 Å². The largest absolute Gasteiger partial charge is 3.00 e. The number of carboxylic acids is 1. The predicted molar refractivity (Wildman–Crippen MR) is 38.4 cm³/mol. The summed E-state index contributed by atoms with van der Waals surface area (Å²) in [6.07, 6.45) is 5.61. The summed E-state index contributed by atoms with van der Waals surface area (Å²) in [5.74, 6) is -0.920. The van der Waals surface area contributed by atoms with Crippen LogP contribution in [-0.4, -0.2) is 5.97 Å². The number of hydrogen-bond donors (Lipinski definition) is 0. The third-order valence-electron chi connectivity index (χ3n) is 1.48. The molecule has 0 rings (SSSR count). The molecule has 0 aromatic heterocycles. The van der Waals surface area contributed by atoms with Gasteiger partial charge >= 0.3 is 41.7 Å². The fraction of sp³-hybridized carbons (Fsp3) is 0.875. The Morgan fingerprint density at radius 3 is 2.18 bits per heavy atom. The van der Waals surface area contributed by atoms with Gasteiger partial charge in [0, 0.05) is 5.97 Å². The van der Waals surface area contributed by atoms with Crippen LogP contribution in [0, 0.1) is 41.7 Å². The minimum absolute atomic E-state index is 0. The first-order valence-corrected chi connectivity index (χ1v) is 3.97. The molecular weight excluding hydrogens is 268 g/mol. The Balaban J connectivity index is 0. The molecule has 61 valence electrons. The Morgan fingerprint density at radius 1 is 1.18 bits per heavy atom. The molecule has 3 heteroatoms. The van der Waals surface area contributed by atoms with Crippen molar-refractivity contribution < 1.29 is 51.6 Å². The topological polar surface area (TPSA) is 40.1 Å². The van der Waals surface area contributed by atoms with Crippen molar-refractivity contribution in [3.8, 4) is 0 Å². The fourth-order valence-electron chi connectivity index (χ4n) is 0.873. The molecule has 0 aliphatic rings. The molecule has 0 N–H and O–H groups in total. The average Bonchev–Trinajstić information content (AvgIpc) is 1.87. The van der Waals surface area contributed by atoms with Crippen molar-refractivity contribution in [1.82, 2.24) is 0 Å². The van der Waals surface area contributed by atoms with Gasteiger partial charge in [-0.25, -0.2) is 0 Å². The molecule has 0 aliphatic carbocycles. The van der Waals surface area contributed by atoms with Crippen molar-refractivity contribution in [3.05, 3.63) is 0 Å². The summed E-state index contributed by atoms with van der Waals surface area (Å²) in [5, 5.41) is 9.92. The van der Waals surface area contributed by atoms with E-state index in [-0.39, 0.29) is 48.2 Å². The van der Waals surface area contributed by atoms with Crippen LogP contribution in [0.2, 0.25) is 0 Å². The van der Waals surface area contributed by atoms with Gasteiger partial charge in [-0.15, -0.1) is 0 Å². The Labute approximate surface area is 102 Å². The van der Waals surface area contributed by atoms with E-state index in [4.69, 9.17) is 0 Å². The maximum Gasteiger partial charge on any atom is 3.00 e. The van der Waals surface area contributed by atoms with Gasteiger partial charge in [0.05, 0.1) is 0 Å². The summed E-state index contributed by atoms with van der Waals surface area (Å²) in [6, 6.07) is 0. The number of hydrogen-bond acceptors (Lipinski definition) is 2. The summed E-state index contributed by atoms with van der Waals surface area (Å²) in [7, 11) is 0. The summed E-state index contributed by atoms with van der Waals surface area (Å²) >= 11 is 0. The normalized spacial score (nSPS) is 8.82. The van der Waals surface area contributed by atoms with Gasteiger partial charge in [0.2, 0.25) is 0 Å². The van der Waals surface area contributed by atoms with E-state index in [1.165, 1.54) is 12.8 Å². The molecule has 0 spiro atoms. The second-order valence-corrected chi connectivity index (χ2v) is 2.54. The zero-order valence-corrected chi connectivity index (χ0v) is 10.2. The van der Waals surface area contributed by atoms with Crippen LogP contribution in [0.1, 0.15) is 45.4 Å². The summed E-state index contributed by atoms with van der Waals surface area (Å²) in [6.45, 7) is 2.14. The van der Waals surface area contributed by atoms with E-state index in [1.807, 2.05) is 0 Å². The average molecular weight is 283 g/mol. The van der Waals surface area contributed by atoms with Gasteiger partial charge < -0.3 is 9.90 Å². The van der Waals surface area contributed by atoms with Crippen molar-refractivity contribution in [1.29, 1.82) is 0 Å². The monoisotopic (exact) mass is 283 g/mol. The van der Waals surface area contributed by atoms with Crippen molar-refractivity contribution >= 4 is 5.97 Å². The van der Waals surface area contributed by atoms with Crippen LogP contribution in [0.5, 0.6) is 0 Å². The zero-order chi connectivity index (χ0) is 7.82. The second kappa shape index (κ2) is 10.8. The molecule has 0 amide bonds. The quantitative estimate of drug-likeness (QED) is 0.685. The molecule has 0 atom stereocenters. The number of carboxylic acid groups (broad SMARTS) is 1. The number of aliphatic carboxylic acids is 1. The maximum absolute atomic E-state index is 9.92. The van der Waals surface area contributed by atoms with Crippen molar-refractivity contribution in [3.63, 3.8) is 0 Å². The van der Waals surface area contributed by atoms with E-state index < -0.39 is 5.97 Å². The molecule has 0 saturated heterocycles. The van der Waals surface area contributed by atoms with Gasteiger partial charge in [-0.1, -0.05) is 32.6 Å². The SMILES string of the molecule is CCCCCCCC(=O)[O-].[Ce+3]. The molecule has 0 unspecified atom stereocenters. The van der Waals surface area contributed by atoms with E-state index in [9.17, 15) is 9.90 Å². The molecular formula is C8H15CeO2+2. The molecule has 0 saturated carbocycles. The van der Waals surface area contributed by atoms with Crippen LogP contribution >= 0.6 is 0 Å². The molecule has 2 nitrogen and oxygen atoms in total.